The van der Waals surface area contributed by atoms with Crippen molar-refractivity contribution in [3.05, 3.63) is 48.3 Å². The van der Waals surface area contributed by atoms with Gasteiger partial charge in [0.2, 0.25) is 5.91 Å². The third kappa shape index (κ3) is 6.32. The highest BCUT2D eigenvalue weighted by molar-refractivity contribution is 5.98. The Labute approximate surface area is 178 Å². The molecule has 0 bridgehead atoms. The number of anilines is 1. The van der Waals surface area contributed by atoms with Crippen LogP contribution in [-0.4, -0.2) is 72.5 Å². The van der Waals surface area contributed by atoms with E-state index in [1.54, 1.807) is 15.8 Å². The Bertz CT molecular complexity index is 820. The number of rotatable bonds is 9. The zero-order valence-corrected chi connectivity index (χ0v) is 18.0. The van der Waals surface area contributed by atoms with Crippen LogP contribution in [0.25, 0.3) is 0 Å². The van der Waals surface area contributed by atoms with Crippen molar-refractivity contribution in [2.24, 2.45) is 12.0 Å². The van der Waals surface area contributed by atoms with Crippen LogP contribution in [0.5, 0.6) is 0 Å². The number of aliphatic imine (C=N–C) groups is 1. The summed E-state index contributed by atoms with van der Waals surface area (Å²) in [5.41, 5.74) is 2.14. The van der Waals surface area contributed by atoms with Crippen LogP contribution < -0.4 is 10.2 Å². The molecule has 2 aromatic rings. The minimum Gasteiger partial charge on any atom is -0.381 e. The van der Waals surface area contributed by atoms with Crippen molar-refractivity contribution in [2.45, 2.75) is 19.8 Å². The van der Waals surface area contributed by atoms with Gasteiger partial charge in [0, 0.05) is 46.0 Å². The first-order chi connectivity index (χ1) is 14.7. The van der Waals surface area contributed by atoms with Crippen molar-refractivity contribution in [3.8, 4) is 0 Å². The average molecular weight is 413 g/mol. The molecule has 1 aromatic heterocycles. The van der Waals surface area contributed by atoms with Crippen LogP contribution >= 0.6 is 0 Å². The van der Waals surface area contributed by atoms with E-state index in [2.05, 4.69) is 22.5 Å². The zero-order chi connectivity index (χ0) is 21.2. The fourth-order valence-corrected chi connectivity index (χ4v) is 3.39. The maximum Gasteiger partial charge on any atom is 0.246 e. The molecule has 1 aromatic carbocycles. The van der Waals surface area contributed by atoms with Crippen LogP contribution in [0.2, 0.25) is 0 Å². The third-order valence-corrected chi connectivity index (χ3v) is 4.94. The van der Waals surface area contributed by atoms with Gasteiger partial charge in [0.05, 0.1) is 18.5 Å². The Morgan fingerprint density at radius 1 is 1.23 bits per heavy atom. The molecule has 0 radical (unpaired) electrons. The largest absolute Gasteiger partial charge is 0.381 e. The molecule has 0 unspecified atom stereocenters. The number of piperazine rings is 1. The quantitative estimate of drug-likeness (QED) is 0.385. The SMILES string of the molecule is CCNC(=NCCCOCCc1ccccc1)N1CCN(c2cnn(C)c2)C(=O)C1. The fraction of sp³-hybridized carbons (Fsp3) is 0.500. The third-order valence-electron chi connectivity index (χ3n) is 4.94. The Morgan fingerprint density at radius 2 is 2.07 bits per heavy atom. The Hall–Kier alpha value is -2.87. The van der Waals surface area contributed by atoms with Gasteiger partial charge in [-0.05, 0) is 25.3 Å². The second kappa shape index (κ2) is 11.3. The number of aromatic nitrogens is 2. The summed E-state index contributed by atoms with van der Waals surface area (Å²) in [6.45, 7) is 6.55. The van der Waals surface area contributed by atoms with E-state index in [1.165, 1.54) is 5.56 Å². The first-order valence-electron chi connectivity index (χ1n) is 10.6. The molecule has 3 rings (SSSR count). The second-order valence-corrected chi connectivity index (χ2v) is 7.28. The number of guanidine groups is 1. The maximum absolute atomic E-state index is 12.6. The molecule has 30 heavy (non-hydrogen) atoms. The number of ether oxygens (including phenoxy) is 1. The summed E-state index contributed by atoms with van der Waals surface area (Å²) in [5, 5.41) is 7.46. The summed E-state index contributed by atoms with van der Waals surface area (Å²) in [6, 6.07) is 10.4. The first-order valence-corrected chi connectivity index (χ1v) is 10.6. The molecule has 1 amide bonds. The predicted octanol–water partition coefficient (Wildman–Crippen LogP) is 1.68. The number of amides is 1. The van der Waals surface area contributed by atoms with Crippen molar-refractivity contribution in [3.63, 3.8) is 0 Å². The van der Waals surface area contributed by atoms with Crippen LogP contribution in [0.1, 0.15) is 18.9 Å². The molecule has 1 saturated heterocycles. The van der Waals surface area contributed by atoms with E-state index < -0.39 is 0 Å². The van der Waals surface area contributed by atoms with Crippen molar-refractivity contribution in [1.82, 2.24) is 20.0 Å². The second-order valence-electron chi connectivity index (χ2n) is 7.28. The molecule has 1 N–H and O–H groups in total. The minimum atomic E-state index is 0.0594. The molecule has 0 saturated carbocycles. The van der Waals surface area contributed by atoms with Gasteiger partial charge in [0.1, 0.15) is 6.54 Å². The smallest absolute Gasteiger partial charge is 0.246 e. The summed E-state index contributed by atoms with van der Waals surface area (Å²) >= 11 is 0. The molecule has 1 aliphatic heterocycles. The van der Waals surface area contributed by atoms with Gasteiger partial charge >= 0.3 is 0 Å². The normalized spacial score (nSPS) is 15.0. The summed E-state index contributed by atoms with van der Waals surface area (Å²) < 4.78 is 7.45. The highest BCUT2D eigenvalue weighted by atomic mass is 16.5. The molecule has 162 valence electrons. The van der Waals surface area contributed by atoms with Gasteiger partial charge in [0.25, 0.3) is 0 Å². The molecule has 8 nitrogen and oxygen atoms in total. The Kier molecular flexibility index (Phi) is 8.26. The fourth-order valence-electron chi connectivity index (χ4n) is 3.39. The van der Waals surface area contributed by atoms with Crippen LogP contribution in [-0.2, 0) is 23.0 Å². The highest BCUT2D eigenvalue weighted by Gasteiger charge is 2.27. The van der Waals surface area contributed by atoms with Gasteiger partial charge in [-0.15, -0.1) is 0 Å². The minimum absolute atomic E-state index is 0.0594. The van der Waals surface area contributed by atoms with E-state index in [0.717, 1.165) is 44.2 Å². The molecule has 8 heteroatoms. The number of aryl methyl sites for hydroxylation is 1. The van der Waals surface area contributed by atoms with Gasteiger partial charge in [-0.1, -0.05) is 30.3 Å². The Balaban J connectivity index is 1.41. The number of hydrogen-bond donors (Lipinski definition) is 1. The van der Waals surface area contributed by atoms with Crippen LogP contribution in [0.4, 0.5) is 5.69 Å². The predicted molar refractivity (Wildman–Crippen MR) is 119 cm³/mol. The lowest BCUT2D eigenvalue weighted by molar-refractivity contribution is -0.120. The van der Waals surface area contributed by atoms with Crippen molar-refractivity contribution in [2.75, 3.05) is 50.8 Å². The van der Waals surface area contributed by atoms with Crippen molar-refractivity contribution < 1.29 is 9.53 Å². The van der Waals surface area contributed by atoms with E-state index >= 15 is 0 Å². The van der Waals surface area contributed by atoms with Gasteiger partial charge in [-0.2, -0.15) is 5.10 Å². The molecule has 0 spiro atoms. The van der Waals surface area contributed by atoms with E-state index in [-0.39, 0.29) is 5.91 Å². The number of nitrogens with one attached hydrogen (secondary N) is 1. The molecular formula is C22H32N6O2. The monoisotopic (exact) mass is 412 g/mol. The average Bonchev–Trinajstić information content (AvgIpc) is 3.19. The molecule has 0 aliphatic carbocycles. The lowest BCUT2D eigenvalue weighted by Gasteiger charge is -2.35. The lowest BCUT2D eigenvalue weighted by Crippen LogP contribution is -2.55. The number of nitrogens with zero attached hydrogens (tertiary/aromatic N) is 5. The summed E-state index contributed by atoms with van der Waals surface area (Å²) in [4.78, 5) is 21.1. The van der Waals surface area contributed by atoms with Crippen LogP contribution in [0.3, 0.4) is 0 Å². The summed E-state index contributed by atoms with van der Waals surface area (Å²) in [7, 11) is 1.85. The topological polar surface area (TPSA) is 75.0 Å². The van der Waals surface area contributed by atoms with E-state index in [1.807, 2.05) is 43.3 Å². The molecule has 1 fully saturated rings. The lowest BCUT2D eigenvalue weighted by atomic mass is 10.2. The van der Waals surface area contributed by atoms with Gasteiger partial charge in [0.15, 0.2) is 5.96 Å². The van der Waals surface area contributed by atoms with E-state index in [9.17, 15) is 4.79 Å². The van der Waals surface area contributed by atoms with Crippen LogP contribution in [0, 0.1) is 0 Å². The van der Waals surface area contributed by atoms with Gasteiger partial charge in [-0.25, -0.2) is 0 Å². The van der Waals surface area contributed by atoms with Gasteiger partial charge < -0.3 is 19.9 Å². The maximum atomic E-state index is 12.6. The van der Waals surface area contributed by atoms with Crippen molar-refractivity contribution >= 4 is 17.6 Å². The first kappa shape index (κ1) is 21.8. The van der Waals surface area contributed by atoms with E-state index in [0.29, 0.717) is 26.2 Å². The summed E-state index contributed by atoms with van der Waals surface area (Å²) in [5.74, 6) is 0.852. The van der Waals surface area contributed by atoms with Gasteiger partial charge in [-0.3, -0.25) is 14.5 Å². The molecule has 2 heterocycles. The van der Waals surface area contributed by atoms with Crippen LogP contribution in [0.15, 0.2) is 47.7 Å². The molecule has 0 atom stereocenters. The van der Waals surface area contributed by atoms with Crippen molar-refractivity contribution in [1.29, 1.82) is 0 Å². The number of carbonyl (C=O) groups excluding carboxylic acids is 1. The standard InChI is InChI=1S/C22H32N6O2/c1-3-23-22(24-11-7-14-30-15-10-19-8-5-4-6-9-19)27-12-13-28(21(29)18-27)20-16-25-26(2)17-20/h4-6,8-9,16-17H,3,7,10-15,18H2,1-2H3,(H,23,24). The Morgan fingerprint density at radius 3 is 2.77 bits per heavy atom. The molecule has 1 aliphatic rings. The number of hydrogen-bond acceptors (Lipinski definition) is 4. The zero-order valence-electron chi connectivity index (χ0n) is 18.0. The summed E-state index contributed by atoms with van der Waals surface area (Å²) in [6.07, 6.45) is 5.37. The molecular weight excluding hydrogens is 380 g/mol. The van der Waals surface area contributed by atoms with E-state index in [4.69, 9.17) is 9.73 Å². The number of carbonyl (C=O) groups is 1. The number of benzene rings is 1. The highest BCUT2D eigenvalue weighted by Crippen LogP contribution is 2.16.